The Morgan fingerprint density at radius 3 is 2.74 bits per heavy atom. The Morgan fingerprint density at radius 2 is 1.96 bits per heavy atom. The van der Waals surface area contributed by atoms with Crippen LogP contribution in [0.2, 0.25) is 0 Å². The summed E-state index contributed by atoms with van der Waals surface area (Å²) in [4.78, 5) is 27.0. The lowest BCUT2D eigenvalue weighted by Gasteiger charge is -2.05. The molecule has 27 heavy (non-hydrogen) atoms. The average Bonchev–Trinajstić information content (AvgIpc) is 3.06. The Labute approximate surface area is 155 Å². The van der Waals surface area contributed by atoms with Crippen molar-refractivity contribution < 1.29 is 14.3 Å². The van der Waals surface area contributed by atoms with Crippen LogP contribution in [0.5, 0.6) is 5.75 Å². The number of carbonyl (C=O) groups is 2. The van der Waals surface area contributed by atoms with Crippen LogP contribution in [0, 0.1) is 0 Å². The van der Waals surface area contributed by atoms with Gasteiger partial charge in [0.25, 0.3) is 0 Å². The van der Waals surface area contributed by atoms with Gasteiger partial charge in [-0.15, -0.1) is 0 Å². The predicted octanol–water partition coefficient (Wildman–Crippen LogP) is 1.66. The van der Waals surface area contributed by atoms with Crippen molar-refractivity contribution in [2.24, 2.45) is 0 Å². The van der Waals surface area contributed by atoms with Gasteiger partial charge in [-0.3, -0.25) is 10.1 Å². The minimum absolute atomic E-state index is 0.143. The van der Waals surface area contributed by atoms with E-state index in [1.165, 1.54) is 6.92 Å². The number of hydrogen-bond acceptors (Lipinski definition) is 5. The summed E-state index contributed by atoms with van der Waals surface area (Å²) in [6.45, 7) is 2.10. The molecule has 140 valence electrons. The number of amides is 3. The van der Waals surface area contributed by atoms with E-state index in [0.29, 0.717) is 24.6 Å². The maximum atomic E-state index is 11.9. The van der Waals surface area contributed by atoms with E-state index in [9.17, 15) is 9.59 Å². The number of nitrogens with one attached hydrogen (secondary N) is 3. The molecule has 2 aromatic heterocycles. The summed E-state index contributed by atoms with van der Waals surface area (Å²) in [5.74, 6) is 0.983. The number of benzene rings is 1. The third-order valence-corrected chi connectivity index (χ3v) is 3.71. The predicted molar refractivity (Wildman–Crippen MR) is 101 cm³/mol. The summed E-state index contributed by atoms with van der Waals surface area (Å²) in [6, 6.07) is 10.9. The van der Waals surface area contributed by atoms with E-state index < -0.39 is 6.03 Å². The number of ether oxygens (including phenoxy) is 1. The number of imidazole rings is 1. The van der Waals surface area contributed by atoms with Crippen molar-refractivity contribution in [3.8, 4) is 17.0 Å². The Balaban J connectivity index is 1.68. The number of urea groups is 1. The number of carbonyl (C=O) groups excluding carboxylic acids is 2. The molecule has 3 aromatic rings. The van der Waals surface area contributed by atoms with E-state index >= 15 is 0 Å². The van der Waals surface area contributed by atoms with Crippen LogP contribution in [0.25, 0.3) is 16.9 Å². The lowest BCUT2D eigenvalue weighted by atomic mass is 10.1. The van der Waals surface area contributed by atoms with Crippen molar-refractivity contribution >= 4 is 23.4 Å². The van der Waals surface area contributed by atoms with Gasteiger partial charge < -0.3 is 15.4 Å². The molecule has 0 unspecified atom stereocenters. The molecule has 0 aliphatic carbocycles. The van der Waals surface area contributed by atoms with E-state index in [1.54, 1.807) is 17.8 Å². The van der Waals surface area contributed by atoms with Gasteiger partial charge in [-0.2, -0.15) is 5.10 Å². The van der Waals surface area contributed by atoms with Crippen molar-refractivity contribution in [1.29, 1.82) is 0 Å². The van der Waals surface area contributed by atoms with E-state index in [-0.39, 0.29) is 5.91 Å². The lowest BCUT2D eigenvalue weighted by Crippen LogP contribution is -2.36. The van der Waals surface area contributed by atoms with Crippen molar-refractivity contribution in [3.05, 3.63) is 42.6 Å². The van der Waals surface area contributed by atoms with Gasteiger partial charge in [-0.05, 0) is 24.3 Å². The molecule has 0 aliphatic rings. The molecule has 0 spiro atoms. The van der Waals surface area contributed by atoms with Gasteiger partial charge in [-0.25, -0.2) is 14.3 Å². The minimum atomic E-state index is -0.406. The Kier molecular flexibility index (Phi) is 5.50. The van der Waals surface area contributed by atoms with Gasteiger partial charge >= 0.3 is 6.03 Å². The van der Waals surface area contributed by atoms with Gasteiger partial charge in [0.05, 0.1) is 19.0 Å². The van der Waals surface area contributed by atoms with Crippen LogP contribution in [-0.2, 0) is 4.79 Å². The Morgan fingerprint density at radius 1 is 1.15 bits per heavy atom. The zero-order valence-electron chi connectivity index (χ0n) is 15.0. The molecular weight excluding hydrogens is 348 g/mol. The number of anilines is 1. The fraction of sp³-hybridized carbons (Fsp3) is 0.222. The molecule has 0 bridgehead atoms. The molecule has 0 atom stereocenters. The van der Waals surface area contributed by atoms with E-state index in [4.69, 9.17) is 4.74 Å². The van der Waals surface area contributed by atoms with Gasteiger partial charge in [0.15, 0.2) is 11.5 Å². The van der Waals surface area contributed by atoms with Crippen LogP contribution < -0.4 is 20.7 Å². The second-order valence-corrected chi connectivity index (χ2v) is 5.74. The topological polar surface area (TPSA) is 110 Å². The van der Waals surface area contributed by atoms with Crippen molar-refractivity contribution in [1.82, 2.24) is 25.2 Å². The number of aromatic nitrogens is 3. The minimum Gasteiger partial charge on any atom is -0.497 e. The molecule has 0 saturated heterocycles. The van der Waals surface area contributed by atoms with Crippen LogP contribution in [-0.4, -0.2) is 46.7 Å². The van der Waals surface area contributed by atoms with Crippen LogP contribution in [0.3, 0.4) is 0 Å². The van der Waals surface area contributed by atoms with E-state index in [1.807, 2.05) is 36.4 Å². The summed E-state index contributed by atoms with van der Waals surface area (Å²) in [5, 5.41) is 12.4. The fourth-order valence-corrected chi connectivity index (χ4v) is 2.45. The zero-order valence-corrected chi connectivity index (χ0v) is 15.0. The molecule has 0 radical (unpaired) electrons. The second kappa shape index (κ2) is 8.17. The quantitative estimate of drug-likeness (QED) is 0.573. The number of fused-ring (bicyclic) bond motifs is 1. The number of methoxy groups -OCH3 is 1. The van der Waals surface area contributed by atoms with Gasteiger partial charge in [-0.1, -0.05) is 12.1 Å². The largest absolute Gasteiger partial charge is 0.497 e. The summed E-state index contributed by atoms with van der Waals surface area (Å²) in [6.07, 6.45) is 1.63. The molecule has 2 heterocycles. The summed E-state index contributed by atoms with van der Waals surface area (Å²) >= 11 is 0. The molecule has 9 heteroatoms. The highest BCUT2D eigenvalue weighted by atomic mass is 16.5. The van der Waals surface area contributed by atoms with E-state index in [2.05, 4.69) is 26.0 Å². The van der Waals surface area contributed by atoms with Gasteiger partial charge in [0.1, 0.15) is 5.75 Å². The summed E-state index contributed by atoms with van der Waals surface area (Å²) < 4.78 is 6.84. The maximum absolute atomic E-state index is 11.9. The lowest BCUT2D eigenvalue weighted by molar-refractivity contribution is -0.118. The molecule has 0 saturated carbocycles. The summed E-state index contributed by atoms with van der Waals surface area (Å²) in [7, 11) is 1.62. The third-order valence-electron chi connectivity index (χ3n) is 3.71. The number of hydrogen-bond donors (Lipinski definition) is 3. The molecule has 9 nitrogen and oxygen atoms in total. The van der Waals surface area contributed by atoms with Crippen LogP contribution in [0.15, 0.2) is 42.6 Å². The van der Waals surface area contributed by atoms with E-state index in [0.717, 1.165) is 17.0 Å². The molecule has 0 fully saturated rings. The highest BCUT2D eigenvalue weighted by Gasteiger charge is 2.08. The zero-order chi connectivity index (χ0) is 19.2. The first-order valence-electron chi connectivity index (χ1n) is 8.35. The molecule has 3 N–H and O–H groups in total. The summed E-state index contributed by atoms with van der Waals surface area (Å²) in [5.41, 5.74) is 2.27. The third kappa shape index (κ3) is 4.72. The van der Waals surface area contributed by atoms with Crippen molar-refractivity contribution in [3.63, 3.8) is 0 Å². The smallest absolute Gasteiger partial charge is 0.320 e. The molecule has 3 rings (SSSR count). The first-order valence-corrected chi connectivity index (χ1v) is 8.35. The highest BCUT2D eigenvalue weighted by Crippen LogP contribution is 2.22. The normalized spacial score (nSPS) is 10.4. The monoisotopic (exact) mass is 368 g/mol. The fourth-order valence-electron chi connectivity index (χ4n) is 2.45. The standard InChI is InChI=1S/C18H20N6O3/c1-12(25)19-8-9-20-18(26)22-16-11-24-17(21-16)7-6-15(23-24)13-4-3-5-14(10-13)27-2/h3-7,10-11H,8-9H2,1-2H3,(H,19,25)(H2,20,22,26). The number of nitrogens with zero attached hydrogens (tertiary/aromatic N) is 3. The SMILES string of the molecule is COc1cccc(-c2ccc3nc(NC(=O)NCCNC(C)=O)cn3n2)c1. The molecule has 1 aromatic carbocycles. The van der Waals surface area contributed by atoms with Crippen LogP contribution >= 0.6 is 0 Å². The maximum Gasteiger partial charge on any atom is 0.320 e. The van der Waals surface area contributed by atoms with Gasteiger partial charge in [0.2, 0.25) is 5.91 Å². The van der Waals surface area contributed by atoms with Crippen LogP contribution in [0.1, 0.15) is 6.92 Å². The molecule has 3 amide bonds. The second-order valence-electron chi connectivity index (χ2n) is 5.74. The first kappa shape index (κ1) is 18.2. The van der Waals surface area contributed by atoms with Gasteiger partial charge in [0, 0.05) is 25.6 Å². The Bertz CT molecular complexity index is 969. The first-order chi connectivity index (χ1) is 13.0. The van der Waals surface area contributed by atoms with Crippen molar-refractivity contribution in [2.75, 3.05) is 25.5 Å². The molecule has 0 aliphatic heterocycles. The van der Waals surface area contributed by atoms with Crippen molar-refractivity contribution in [2.45, 2.75) is 6.92 Å². The Hall–Kier alpha value is -3.62. The average molecular weight is 368 g/mol. The number of rotatable bonds is 6. The van der Waals surface area contributed by atoms with Crippen LogP contribution in [0.4, 0.5) is 10.6 Å². The highest BCUT2D eigenvalue weighted by molar-refractivity contribution is 5.88. The molecular formula is C18H20N6O3.